The monoisotopic (exact) mass is 329 g/mol. The summed E-state index contributed by atoms with van der Waals surface area (Å²) in [5.74, 6) is 1.01. The van der Waals surface area contributed by atoms with Crippen LogP contribution in [0.3, 0.4) is 0 Å². The highest BCUT2D eigenvalue weighted by Crippen LogP contribution is 2.21. The van der Waals surface area contributed by atoms with Crippen molar-refractivity contribution in [1.82, 2.24) is 29.6 Å². The first-order chi connectivity index (χ1) is 11.8. The zero-order chi connectivity index (χ0) is 16.4. The highest BCUT2D eigenvalue weighted by molar-refractivity contribution is 5.47. The van der Waals surface area contributed by atoms with Crippen LogP contribution in [-0.4, -0.2) is 82.0 Å². The van der Waals surface area contributed by atoms with E-state index in [2.05, 4.69) is 37.0 Å². The fraction of sp³-hybridized carbons (Fsp3) is 0.706. The zero-order valence-corrected chi connectivity index (χ0v) is 14.5. The lowest BCUT2D eigenvalue weighted by Crippen LogP contribution is -2.59. The van der Waals surface area contributed by atoms with Crippen LogP contribution in [0, 0.1) is 0 Å². The highest BCUT2D eigenvalue weighted by Gasteiger charge is 2.31. The summed E-state index contributed by atoms with van der Waals surface area (Å²) >= 11 is 0. The van der Waals surface area contributed by atoms with Gasteiger partial charge in [0.15, 0.2) is 5.65 Å². The Hall–Kier alpha value is -1.73. The minimum absolute atomic E-state index is 0.635. The van der Waals surface area contributed by atoms with Crippen LogP contribution in [0.5, 0.6) is 0 Å². The van der Waals surface area contributed by atoms with E-state index < -0.39 is 0 Å². The molecule has 0 saturated carbocycles. The van der Waals surface area contributed by atoms with Crippen LogP contribution in [0.4, 0.5) is 5.82 Å². The van der Waals surface area contributed by atoms with E-state index in [0.29, 0.717) is 6.04 Å². The number of nitrogens with zero attached hydrogens (tertiary/aromatic N) is 7. The summed E-state index contributed by atoms with van der Waals surface area (Å²) in [6, 6.07) is 4.65. The number of hydrogen-bond acceptors (Lipinski definition) is 6. The zero-order valence-electron chi connectivity index (χ0n) is 14.5. The molecule has 2 aromatic heterocycles. The molecule has 2 saturated heterocycles. The van der Waals surface area contributed by atoms with E-state index in [1.165, 1.54) is 45.3 Å². The van der Waals surface area contributed by atoms with Crippen LogP contribution in [0.2, 0.25) is 0 Å². The third kappa shape index (κ3) is 3.37. The summed E-state index contributed by atoms with van der Waals surface area (Å²) in [5.41, 5.74) is 0.797. The molecule has 130 valence electrons. The van der Waals surface area contributed by atoms with Crippen LogP contribution in [-0.2, 0) is 0 Å². The van der Waals surface area contributed by atoms with E-state index in [1.807, 2.05) is 12.1 Å². The third-order valence-corrected chi connectivity index (χ3v) is 5.42. The van der Waals surface area contributed by atoms with Gasteiger partial charge in [-0.05, 0) is 45.1 Å². The van der Waals surface area contributed by atoms with Gasteiger partial charge in [-0.1, -0.05) is 12.8 Å². The van der Waals surface area contributed by atoms with E-state index in [4.69, 9.17) is 0 Å². The number of hydrogen-bond donors (Lipinski definition) is 0. The van der Waals surface area contributed by atoms with Crippen LogP contribution in [0.25, 0.3) is 5.65 Å². The first kappa shape index (κ1) is 15.8. The third-order valence-electron chi connectivity index (χ3n) is 5.42. The predicted octanol–water partition coefficient (Wildman–Crippen LogP) is 1.12. The normalized spacial score (nSPS) is 20.5. The standard InChI is InChI=1S/C17H27N7/c1-21(10-11-22-8-4-2-3-5-9-22)15-12-23(13-15)17-7-6-16-19-18-14-24(16)20-17/h6-7,14-15H,2-5,8-13H2,1H3. The maximum Gasteiger partial charge on any atom is 0.177 e. The summed E-state index contributed by atoms with van der Waals surface area (Å²) in [5, 5.41) is 12.5. The molecule has 0 atom stereocenters. The molecule has 2 aliphatic heterocycles. The Morgan fingerprint density at radius 3 is 2.71 bits per heavy atom. The molecular formula is C17H27N7. The quantitative estimate of drug-likeness (QED) is 0.819. The molecule has 0 aromatic carbocycles. The minimum atomic E-state index is 0.635. The van der Waals surface area contributed by atoms with Crippen molar-refractivity contribution >= 4 is 11.5 Å². The Bertz CT molecular complexity index is 656. The Morgan fingerprint density at radius 1 is 1.12 bits per heavy atom. The second-order valence-electron chi connectivity index (χ2n) is 7.12. The van der Waals surface area contributed by atoms with Gasteiger partial charge in [-0.15, -0.1) is 15.3 Å². The maximum atomic E-state index is 4.57. The average molecular weight is 329 g/mol. The molecule has 2 aromatic rings. The van der Waals surface area contributed by atoms with E-state index in [0.717, 1.165) is 31.1 Å². The van der Waals surface area contributed by atoms with Crippen molar-refractivity contribution in [2.75, 3.05) is 51.2 Å². The van der Waals surface area contributed by atoms with Crippen molar-refractivity contribution in [3.05, 3.63) is 18.5 Å². The first-order valence-corrected chi connectivity index (χ1v) is 9.14. The van der Waals surface area contributed by atoms with Gasteiger partial charge in [0.05, 0.1) is 0 Å². The number of likely N-dealkylation sites (tertiary alicyclic amines) is 1. The van der Waals surface area contributed by atoms with E-state index >= 15 is 0 Å². The van der Waals surface area contributed by atoms with Crippen LogP contribution >= 0.6 is 0 Å². The lowest BCUT2D eigenvalue weighted by Gasteiger charge is -2.45. The van der Waals surface area contributed by atoms with Gasteiger partial charge in [-0.25, -0.2) is 0 Å². The summed E-state index contributed by atoms with van der Waals surface area (Å²) < 4.78 is 1.74. The fourth-order valence-electron chi connectivity index (χ4n) is 3.65. The molecule has 0 spiro atoms. The van der Waals surface area contributed by atoms with Crippen molar-refractivity contribution in [3.63, 3.8) is 0 Å². The first-order valence-electron chi connectivity index (χ1n) is 9.14. The van der Waals surface area contributed by atoms with Crippen LogP contribution in [0.15, 0.2) is 18.5 Å². The summed E-state index contributed by atoms with van der Waals surface area (Å²) in [7, 11) is 2.26. The Kier molecular flexibility index (Phi) is 4.62. The van der Waals surface area contributed by atoms with Gasteiger partial charge in [0.1, 0.15) is 12.1 Å². The molecule has 0 N–H and O–H groups in total. The van der Waals surface area contributed by atoms with E-state index in [-0.39, 0.29) is 0 Å². The van der Waals surface area contributed by atoms with Crippen molar-refractivity contribution in [2.24, 2.45) is 0 Å². The number of anilines is 1. The molecule has 0 bridgehead atoms. The Labute approximate surface area is 143 Å². The number of rotatable bonds is 5. The molecule has 0 unspecified atom stereocenters. The molecular weight excluding hydrogens is 302 g/mol. The Morgan fingerprint density at radius 2 is 1.92 bits per heavy atom. The van der Waals surface area contributed by atoms with Gasteiger partial charge in [0.2, 0.25) is 0 Å². The van der Waals surface area contributed by atoms with Gasteiger partial charge >= 0.3 is 0 Å². The molecule has 0 radical (unpaired) electrons. The molecule has 4 rings (SSSR count). The second kappa shape index (κ2) is 7.03. The summed E-state index contributed by atoms with van der Waals surface area (Å²) in [6.07, 6.45) is 7.22. The average Bonchev–Trinajstić information content (AvgIpc) is 2.85. The number of likely N-dealkylation sites (N-methyl/N-ethyl adjacent to an activating group) is 1. The van der Waals surface area contributed by atoms with Crippen molar-refractivity contribution in [1.29, 1.82) is 0 Å². The molecule has 2 fully saturated rings. The second-order valence-corrected chi connectivity index (χ2v) is 7.12. The largest absolute Gasteiger partial charge is 0.352 e. The fourth-order valence-corrected chi connectivity index (χ4v) is 3.65. The minimum Gasteiger partial charge on any atom is -0.352 e. The molecule has 2 aliphatic rings. The topological polar surface area (TPSA) is 52.8 Å². The maximum absolute atomic E-state index is 4.57. The van der Waals surface area contributed by atoms with Crippen molar-refractivity contribution in [2.45, 2.75) is 31.7 Å². The van der Waals surface area contributed by atoms with Gasteiger partial charge < -0.3 is 9.80 Å². The summed E-state index contributed by atoms with van der Waals surface area (Å²) in [6.45, 7) is 7.05. The number of fused-ring (bicyclic) bond motifs is 1. The lowest BCUT2D eigenvalue weighted by molar-refractivity contribution is 0.169. The van der Waals surface area contributed by atoms with Crippen molar-refractivity contribution < 1.29 is 0 Å². The van der Waals surface area contributed by atoms with Crippen molar-refractivity contribution in [3.8, 4) is 0 Å². The SMILES string of the molecule is CN(CCN1CCCCCC1)C1CN(c2ccc3nncn3n2)C1. The summed E-state index contributed by atoms with van der Waals surface area (Å²) in [4.78, 5) is 7.48. The van der Waals surface area contributed by atoms with E-state index in [1.54, 1.807) is 10.8 Å². The molecule has 24 heavy (non-hydrogen) atoms. The van der Waals surface area contributed by atoms with E-state index in [9.17, 15) is 0 Å². The molecule has 7 nitrogen and oxygen atoms in total. The lowest BCUT2D eigenvalue weighted by atomic mass is 10.1. The van der Waals surface area contributed by atoms with Crippen LogP contribution in [0.1, 0.15) is 25.7 Å². The Balaban J connectivity index is 1.25. The predicted molar refractivity (Wildman–Crippen MR) is 94.3 cm³/mol. The van der Waals surface area contributed by atoms with Gasteiger partial charge in [-0.2, -0.15) is 4.52 Å². The molecule has 0 aliphatic carbocycles. The molecule has 0 amide bonds. The van der Waals surface area contributed by atoms with Gasteiger partial charge in [0.25, 0.3) is 0 Å². The van der Waals surface area contributed by atoms with Gasteiger partial charge in [-0.3, -0.25) is 4.90 Å². The smallest absolute Gasteiger partial charge is 0.177 e. The van der Waals surface area contributed by atoms with Gasteiger partial charge in [0, 0.05) is 32.2 Å². The van der Waals surface area contributed by atoms with Crippen LogP contribution < -0.4 is 4.90 Å². The molecule has 7 heteroatoms. The number of aromatic nitrogens is 4. The highest BCUT2D eigenvalue weighted by atomic mass is 15.4. The molecule has 4 heterocycles.